The number of aromatic nitrogens is 2. The second-order valence-corrected chi connectivity index (χ2v) is 6.40. The highest BCUT2D eigenvalue weighted by Crippen LogP contribution is 2.22. The number of hydrogen-bond acceptors (Lipinski definition) is 3. The van der Waals surface area contributed by atoms with Crippen LogP contribution in [0.15, 0.2) is 34.8 Å². The quantitative estimate of drug-likeness (QED) is 0.942. The van der Waals surface area contributed by atoms with Crippen molar-refractivity contribution in [2.75, 3.05) is 0 Å². The van der Waals surface area contributed by atoms with Gasteiger partial charge in [-0.2, -0.15) is 0 Å². The molecule has 1 aromatic carbocycles. The van der Waals surface area contributed by atoms with Gasteiger partial charge in [-0.15, -0.1) is 0 Å². The van der Waals surface area contributed by atoms with Gasteiger partial charge in [-0.3, -0.25) is 0 Å². The summed E-state index contributed by atoms with van der Waals surface area (Å²) in [5, 5.41) is 0. The minimum Gasteiger partial charge on any atom is -0.325 e. The van der Waals surface area contributed by atoms with E-state index in [0.717, 1.165) is 27.2 Å². The second-order valence-electron chi connectivity index (χ2n) is 5.49. The van der Waals surface area contributed by atoms with E-state index in [2.05, 4.69) is 32.0 Å². The van der Waals surface area contributed by atoms with Gasteiger partial charge in [-0.1, -0.05) is 28.1 Å². The molecule has 100 valence electrons. The topological polar surface area (TPSA) is 51.8 Å². The van der Waals surface area contributed by atoms with E-state index in [0.29, 0.717) is 6.42 Å². The van der Waals surface area contributed by atoms with Gasteiger partial charge >= 0.3 is 0 Å². The lowest BCUT2D eigenvalue weighted by Crippen LogP contribution is -2.35. The second kappa shape index (κ2) is 5.39. The third-order valence-electron chi connectivity index (χ3n) is 2.63. The molecule has 0 fully saturated rings. The average Bonchev–Trinajstić information content (AvgIpc) is 2.25. The molecule has 0 amide bonds. The highest BCUT2D eigenvalue weighted by molar-refractivity contribution is 9.10. The highest BCUT2D eigenvalue weighted by Gasteiger charge is 2.15. The maximum absolute atomic E-state index is 6.04. The van der Waals surface area contributed by atoms with E-state index >= 15 is 0 Å². The van der Waals surface area contributed by atoms with E-state index < -0.39 is 0 Å². The SMILES string of the molecule is Cc1cc(-c2cccc(Br)c2)nc(CC(C)(C)N)n1. The van der Waals surface area contributed by atoms with Crippen LogP contribution in [-0.4, -0.2) is 15.5 Å². The Bertz CT molecular complexity index is 588. The van der Waals surface area contributed by atoms with Crippen molar-refractivity contribution in [3.8, 4) is 11.3 Å². The number of nitrogens with zero attached hydrogens (tertiary/aromatic N) is 2. The molecule has 3 nitrogen and oxygen atoms in total. The summed E-state index contributed by atoms with van der Waals surface area (Å²) >= 11 is 3.48. The molecule has 0 aliphatic heterocycles. The summed E-state index contributed by atoms with van der Waals surface area (Å²) in [6, 6.07) is 10.1. The van der Waals surface area contributed by atoms with E-state index in [1.165, 1.54) is 0 Å². The van der Waals surface area contributed by atoms with Crippen LogP contribution in [0.4, 0.5) is 0 Å². The molecule has 2 rings (SSSR count). The zero-order chi connectivity index (χ0) is 14.0. The monoisotopic (exact) mass is 319 g/mol. The van der Waals surface area contributed by atoms with Crippen LogP contribution in [0.3, 0.4) is 0 Å². The summed E-state index contributed by atoms with van der Waals surface area (Å²) in [6.45, 7) is 5.95. The Morgan fingerprint density at radius 1 is 1.21 bits per heavy atom. The van der Waals surface area contributed by atoms with Gasteiger partial charge in [0, 0.05) is 27.7 Å². The van der Waals surface area contributed by atoms with E-state index in [4.69, 9.17) is 5.73 Å². The number of rotatable bonds is 3. The average molecular weight is 320 g/mol. The maximum Gasteiger partial charge on any atom is 0.131 e. The lowest BCUT2D eigenvalue weighted by Gasteiger charge is -2.17. The Kier molecular flexibility index (Phi) is 4.02. The van der Waals surface area contributed by atoms with Crippen LogP contribution in [-0.2, 0) is 6.42 Å². The molecule has 0 radical (unpaired) electrons. The van der Waals surface area contributed by atoms with E-state index in [1.54, 1.807) is 0 Å². The fourth-order valence-corrected chi connectivity index (χ4v) is 2.31. The van der Waals surface area contributed by atoms with E-state index in [-0.39, 0.29) is 5.54 Å². The number of nitrogens with two attached hydrogens (primary N) is 1. The van der Waals surface area contributed by atoms with Crippen molar-refractivity contribution >= 4 is 15.9 Å². The lowest BCUT2D eigenvalue weighted by atomic mass is 10.0. The molecule has 0 spiro atoms. The first kappa shape index (κ1) is 14.2. The zero-order valence-electron chi connectivity index (χ0n) is 11.4. The molecule has 1 aromatic heterocycles. The van der Waals surface area contributed by atoms with Crippen LogP contribution < -0.4 is 5.73 Å². The maximum atomic E-state index is 6.04. The van der Waals surface area contributed by atoms with Gasteiger partial charge in [-0.25, -0.2) is 9.97 Å². The van der Waals surface area contributed by atoms with Crippen LogP contribution in [0.1, 0.15) is 25.4 Å². The molecule has 0 aliphatic rings. The van der Waals surface area contributed by atoms with E-state index in [9.17, 15) is 0 Å². The van der Waals surface area contributed by atoms with Gasteiger partial charge in [0.15, 0.2) is 0 Å². The smallest absolute Gasteiger partial charge is 0.131 e. The van der Waals surface area contributed by atoms with Crippen molar-refractivity contribution in [1.29, 1.82) is 0 Å². The summed E-state index contributed by atoms with van der Waals surface area (Å²) in [4.78, 5) is 9.08. The molecule has 0 bridgehead atoms. The molecule has 0 aliphatic carbocycles. The van der Waals surface area contributed by atoms with Crippen LogP contribution in [0, 0.1) is 6.92 Å². The first-order chi connectivity index (χ1) is 8.83. The fourth-order valence-electron chi connectivity index (χ4n) is 1.91. The number of benzene rings is 1. The van der Waals surface area contributed by atoms with Crippen molar-refractivity contribution < 1.29 is 0 Å². The van der Waals surface area contributed by atoms with E-state index in [1.807, 2.05) is 45.0 Å². The van der Waals surface area contributed by atoms with Gasteiger partial charge in [0.05, 0.1) is 5.69 Å². The van der Waals surface area contributed by atoms with Crippen LogP contribution in [0.25, 0.3) is 11.3 Å². The minimum absolute atomic E-state index is 0.303. The Hall–Kier alpha value is -1.26. The third-order valence-corrected chi connectivity index (χ3v) is 3.13. The normalized spacial score (nSPS) is 11.6. The van der Waals surface area contributed by atoms with Crippen molar-refractivity contribution in [2.24, 2.45) is 5.73 Å². The number of halogens is 1. The Morgan fingerprint density at radius 3 is 2.58 bits per heavy atom. The largest absolute Gasteiger partial charge is 0.325 e. The molecule has 19 heavy (non-hydrogen) atoms. The standard InChI is InChI=1S/C15H18BrN3/c1-10-7-13(11-5-4-6-12(16)8-11)19-14(18-10)9-15(2,3)17/h4-8H,9,17H2,1-3H3. The molecule has 2 aromatic rings. The minimum atomic E-state index is -0.303. The predicted octanol–water partition coefficient (Wildman–Crippen LogP) is 3.49. The Balaban J connectivity index is 2.42. The lowest BCUT2D eigenvalue weighted by molar-refractivity contribution is 0.502. The van der Waals surface area contributed by atoms with Crippen molar-refractivity contribution in [3.05, 3.63) is 46.3 Å². The summed E-state index contributed by atoms with van der Waals surface area (Å²) in [7, 11) is 0. The zero-order valence-corrected chi connectivity index (χ0v) is 13.0. The molecule has 0 atom stereocenters. The van der Waals surface area contributed by atoms with Gasteiger partial charge in [0.2, 0.25) is 0 Å². The molecule has 1 heterocycles. The molecule has 4 heteroatoms. The first-order valence-corrected chi connectivity index (χ1v) is 7.02. The van der Waals surface area contributed by atoms with Crippen LogP contribution in [0.2, 0.25) is 0 Å². The van der Waals surface area contributed by atoms with Crippen molar-refractivity contribution in [3.63, 3.8) is 0 Å². The summed E-state index contributed by atoms with van der Waals surface area (Å²) in [6.07, 6.45) is 0.662. The molecule has 0 saturated carbocycles. The molecule has 0 saturated heterocycles. The van der Waals surface area contributed by atoms with Gasteiger partial charge in [0.1, 0.15) is 5.82 Å². The van der Waals surface area contributed by atoms with Crippen molar-refractivity contribution in [1.82, 2.24) is 9.97 Å². The van der Waals surface area contributed by atoms with Crippen LogP contribution in [0.5, 0.6) is 0 Å². The number of aryl methyl sites for hydroxylation is 1. The third kappa shape index (κ3) is 4.11. The summed E-state index contributed by atoms with van der Waals surface area (Å²) in [5.74, 6) is 0.794. The Morgan fingerprint density at radius 2 is 1.95 bits per heavy atom. The first-order valence-electron chi connectivity index (χ1n) is 6.23. The van der Waals surface area contributed by atoms with Gasteiger partial charge < -0.3 is 5.73 Å². The number of hydrogen-bond donors (Lipinski definition) is 1. The fraction of sp³-hybridized carbons (Fsp3) is 0.333. The van der Waals surface area contributed by atoms with Crippen molar-refractivity contribution in [2.45, 2.75) is 32.7 Å². The highest BCUT2D eigenvalue weighted by atomic mass is 79.9. The summed E-state index contributed by atoms with van der Waals surface area (Å²) in [5.41, 5.74) is 8.72. The molecule has 0 unspecified atom stereocenters. The van der Waals surface area contributed by atoms with Gasteiger partial charge in [0.25, 0.3) is 0 Å². The predicted molar refractivity (Wildman–Crippen MR) is 81.9 cm³/mol. The van der Waals surface area contributed by atoms with Gasteiger partial charge in [-0.05, 0) is 39.0 Å². The Labute approximate surface area is 122 Å². The molecular formula is C15H18BrN3. The molecular weight excluding hydrogens is 302 g/mol. The van der Waals surface area contributed by atoms with Crippen LogP contribution >= 0.6 is 15.9 Å². The molecule has 2 N–H and O–H groups in total. The summed E-state index contributed by atoms with van der Waals surface area (Å²) < 4.78 is 1.04.